The number of halogens is 4. The van der Waals surface area contributed by atoms with Gasteiger partial charge in [-0.05, 0) is 30.5 Å². The van der Waals surface area contributed by atoms with E-state index in [0.717, 1.165) is 37.6 Å². The summed E-state index contributed by atoms with van der Waals surface area (Å²) in [6, 6.07) is 3.41. The number of nitrogens with one attached hydrogen (secondary N) is 1. The van der Waals surface area contributed by atoms with Gasteiger partial charge in [0.2, 0.25) is 5.91 Å². The monoisotopic (exact) mass is 399 g/mol. The Labute approximate surface area is 159 Å². The van der Waals surface area contributed by atoms with Gasteiger partial charge < -0.3 is 15.8 Å². The van der Waals surface area contributed by atoms with E-state index in [4.69, 9.17) is 10.5 Å². The quantitative estimate of drug-likeness (QED) is 0.765. The molecule has 0 aromatic heterocycles. The third kappa shape index (κ3) is 7.42. The molecular formula is C16H25Cl2F2N3O2. The standard InChI is InChI=1S/C16H23F2N3O2.2ClH/c1-23-10-15(19)16(22)20-12-4-6-21(7-5-12)9-11-2-3-13(17)14(18)8-11;;/h2-3,8,12,15H,4-7,9-10,19H2,1H3,(H,20,22);2*1H. The minimum atomic E-state index is -0.831. The molecule has 25 heavy (non-hydrogen) atoms. The molecule has 1 unspecified atom stereocenters. The van der Waals surface area contributed by atoms with Gasteiger partial charge in [0, 0.05) is 32.8 Å². The average molecular weight is 400 g/mol. The number of hydrogen-bond acceptors (Lipinski definition) is 4. The highest BCUT2D eigenvalue weighted by Crippen LogP contribution is 2.16. The number of nitrogens with zero attached hydrogens (tertiary/aromatic N) is 1. The molecule has 2 rings (SSSR count). The summed E-state index contributed by atoms with van der Waals surface area (Å²) in [5.74, 6) is -1.86. The van der Waals surface area contributed by atoms with Gasteiger partial charge >= 0.3 is 0 Å². The van der Waals surface area contributed by atoms with E-state index in [0.29, 0.717) is 6.54 Å². The number of ether oxygens (including phenoxy) is 1. The summed E-state index contributed by atoms with van der Waals surface area (Å²) < 4.78 is 31.0. The van der Waals surface area contributed by atoms with Crippen LogP contribution in [0, 0.1) is 11.6 Å². The average Bonchev–Trinajstić information content (AvgIpc) is 2.53. The molecule has 1 saturated heterocycles. The zero-order chi connectivity index (χ0) is 16.8. The van der Waals surface area contributed by atoms with E-state index in [1.807, 2.05) is 0 Å². The van der Waals surface area contributed by atoms with E-state index in [1.54, 1.807) is 6.07 Å². The maximum absolute atomic E-state index is 13.2. The van der Waals surface area contributed by atoms with Crippen LogP contribution in [0.5, 0.6) is 0 Å². The van der Waals surface area contributed by atoms with Crippen molar-refractivity contribution in [2.45, 2.75) is 31.5 Å². The van der Waals surface area contributed by atoms with Crippen LogP contribution in [0.25, 0.3) is 0 Å². The van der Waals surface area contributed by atoms with Crippen LogP contribution in [0.3, 0.4) is 0 Å². The molecule has 5 nitrogen and oxygen atoms in total. The predicted octanol–water partition coefficient (Wildman–Crippen LogP) is 1.86. The summed E-state index contributed by atoms with van der Waals surface area (Å²) in [4.78, 5) is 14.0. The molecule has 1 aromatic carbocycles. The van der Waals surface area contributed by atoms with E-state index in [9.17, 15) is 13.6 Å². The van der Waals surface area contributed by atoms with Gasteiger partial charge in [0.05, 0.1) is 6.61 Å². The molecule has 0 saturated carbocycles. The van der Waals surface area contributed by atoms with Crippen molar-refractivity contribution in [2.24, 2.45) is 5.73 Å². The third-order valence-corrected chi connectivity index (χ3v) is 4.01. The van der Waals surface area contributed by atoms with Crippen molar-refractivity contribution >= 4 is 30.7 Å². The minimum absolute atomic E-state index is 0. The first-order valence-electron chi connectivity index (χ1n) is 7.70. The van der Waals surface area contributed by atoms with Gasteiger partial charge in [-0.1, -0.05) is 6.07 Å². The summed E-state index contributed by atoms with van der Waals surface area (Å²) in [6.07, 6.45) is 1.60. The lowest BCUT2D eigenvalue weighted by molar-refractivity contribution is -0.124. The number of carbonyl (C=O) groups excluding carboxylic acids is 1. The van der Waals surface area contributed by atoms with Crippen LogP contribution < -0.4 is 11.1 Å². The molecule has 0 spiro atoms. The van der Waals surface area contributed by atoms with Crippen LogP contribution in [0.4, 0.5) is 8.78 Å². The van der Waals surface area contributed by atoms with Gasteiger partial charge in [-0.25, -0.2) is 8.78 Å². The van der Waals surface area contributed by atoms with Crippen LogP contribution in [0.2, 0.25) is 0 Å². The lowest BCUT2D eigenvalue weighted by Gasteiger charge is -2.32. The van der Waals surface area contributed by atoms with Gasteiger partial charge in [-0.3, -0.25) is 9.69 Å². The lowest BCUT2D eigenvalue weighted by Crippen LogP contribution is -2.50. The van der Waals surface area contributed by atoms with Crippen LogP contribution in [-0.4, -0.2) is 49.7 Å². The van der Waals surface area contributed by atoms with Crippen molar-refractivity contribution in [3.8, 4) is 0 Å². The number of piperidine rings is 1. The van der Waals surface area contributed by atoms with E-state index < -0.39 is 17.7 Å². The van der Waals surface area contributed by atoms with Crippen LogP contribution >= 0.6 is 24.8 Å². The zero-order valence-electron chi connectivity index (χ0n) is 14.0. The Morgan fingerprint density at radius 1 is 1.32 bits per heavy atom. The van der Waals surface area contributed by atoms with E-state index in [2.05, 4.69) is 10.2 Å². The predicted molar refractivity (Wildman–Crippen MR) is 97.1 cm³/mol. The molecule has 1 atom stereocenters. The molecule has 0 bridgehead atoms. The second-order valence-electron chi connectivity index (χ2n) is 5.87. The second-order valence-corrected chi connectivity index (χ2v) is 5.87. The molecule has 9 heteroatoms. The van der Waals surface area contributed by atoms with Crippen molar-refractivity contribution in [1.29, 1.82) is 0 Å². The molecule has 1 heterocycles. The first-order chi connectivity index (χ1) is 11.0. The molecule has 3 N–H and O–H groups in total. The first-order valence-corrected chi connectivity index (χ1v) is 7.70. The number of carbonyl (C=O) groups is 1. The summed E-state index contributed by atoms with van der Waals surface area (Å²) in [5.41, 5.74) is 6.43. The fourth-order valence-electron chi connectivity index (χ4n) is 2.70. The van der Waals surface area contributed by atoms with Crippen LogP contribution in [0.1, 0.15) is 18.4 Å². The van der Waals surface area contributed by atoms with Crippen molar-refractivity contribution in [3.63, 3.8) is 0 Å². The van der Waals surface area contributed by atoms with E-state index in [1.165, 1.54) is 13.2 Å². The van der Waals surface area contributed by atoms with Gasteiger partial charge in [0.25, 0.3) is 0 Å². The Bertz CT molecular complexity index is 544. The number of amides is 1. The van der Waals surface area contributed by atoms with Crippen molar-refractivity contribution in [1.82, 2.24) is 10.2 Å². The Kier molecular flexibility index (Phi) is 11.1. The molecule has 1 aliphatic rings. The van der Waals surface area contributed by atoms with Gasteiger partial charge in [0.15, 0.2) is 11.6 Å². The number of rotatable bonds is 6. The van der Waals surface area contributed by atoms with Crippen molar-refractivity contribution in [2.75, 3.05) is 26.8 Å². The summed E-state index contributed by atoms with van der Waals surface area (Å²) in [5, 5.41) is 2.92. The summed E-state index contributed by atoms with van der Waals surface area (Å²) >= 11 is 0. The highest BCUT2D eigenvalue weighted by Gasteiger charge is 2.23. The maximum atomic E-state index is 13.2. The second kappa shape index (κ2) is 11.6. The van der Waals surface area contributed by atoms with Crippen molar-refractivity contribution < 1.29 is 18.3 Å². The smallest absolute Gasteiger partial charge is 0.239 e. The van der Waals surface area contributed by atoms with Gasteiger partial charge in [0.1, 0.15) is 6.04 Å². The lowest BCUT2D eigenvalue weighted by atomic mass is 10.0. The summed E-state index contributed by atoms with van der Waals surface area (Å²) in [6.45, 7) is 2.33. The van der Waals surface area contributed by atoms with Crippen LogP contribution in [-0.2, 0) is 16.1 Å². The molecule has 1 fully saturated rings. The number of likely N-dealkylation sites (tertiary alicyclic amines) is 1. The molecule has 1 amide bonds. The highest BCUT2D eigenvalue weighted by atomic mass is 35.5. The van der Waals surface area contributed by atoms with Crippen LogP contribution in [0.15, 0.2) is 18.2 Å². The fraction of sp³-hybridized carbons (Fsp3) is 0.562. The summed E-state index contributed by atoms with van der Waals surface area (Å²) in [7, 11) is 1.50. The molecule has 1 aromatic rings. The number of hydrogen-bond donors (Lipinski definition) is 2. The molecule has 0 aliphatic carbocycles. The molecule has 1 aliphatic heterocycles. The topological polar surface area (TPSA) is 67.6 Å². The van der Waals surface area contributed by atoms with E-state index in [-0.39, 0.29) is 43.4 Å². The third-order valence-electron chi connectivity index (χ3n) is 4.01. The normalized spacial score (nSPS) is 16.5. The largest absolute Gasteiger partial charge is 0.383 e. The van der Waals surface area contributed by atoms with E-state index >= 15 is 0 Å². The van der Waals surface area contributed by atoms with Gasteiger partial charge in [-0.2, -0.15) is 0 Å². The SMILES string of the molecule is COCC(N)C(=O)NC1CCN(Cc2ccc(F)c(F)c2)CC1.Cl.Cl. The Balaban J connectivity index is 0.00000288. The van der Waals surface area contributed by atoms with Gasteiger partial charge in [-0.15, -0.1) is 24.8 Å². The molecule has 144 valence electrons. The Hall–Kier alpha value is -0.990. The maximum Gasteiger partial charge on any atom is 0.239 e. The van der Waals surface area contributed by atoms with Crippen molar-refractivity contribution in [3.05, 3.63) is 35.4 Å². The first kappa shape index (κ1) is 24.0. The number of methoxy groups -OCH3 is 1. The fourth-order valence-corrected chi connectivity index (χ4v) is 2.70. The number of benzene rings is 1. The highest BCUT2D eigenvalue weighted by molar-refractivity contribution is 5.85. The Morgan fingerprint density at radius 3 is 2.52 bits per heavy atom. The molecule has 0 radical (unpaired) electrons. The Morgan fingerprint density at radius 2 is 1.96 bits per heavy atom. The minimum Gasteiger partial charge on any atom is -0.383 e. The molecular weight excluding hydrogens is 375 g/mol. The zero-order valence-corrected chi connectivity index (χ0v) is 15.7. The number of nitrogens with two attached hydrogens (primary N) is 1.